The highest BCUT2D eigenvalue weighted by molar-refractivity contribution is 7.11. The van der Waals surface area contributed by atoms with Gasteiger partial charge in [0.25, 0.3) is 0 Å². The molecule has 0 bridgehead atoms. The van der Waals surface area contributed by atoms with E-state index in [2.05, 4.69) is 30.9 Å². The van der Waals surface area contributed by atoms with Gasteiger partial charge < -0.3 is 10.5 Å². The topological polar surface area (TPSA) is 38.5 Å². The Bertz CT molecular complexity index is 340. The molecule has 3 nitrogen and oxygen atoms in total. The summed E-state index contributed by atoms with van der Waals surface area (Å²) in [5, 5.41) is 0. The molecule has 0 aliphatic carbocycles. The quantitative estimate of drug-likeness (QED) is 0.876. The summed E-state index contributed by atoms with van der Waals surface area (Å²) in [6.45, 7) is 7.91. The van der Waals surface area contributed by atoms with E-state index >= 15 is 0 Å². The van der Waals surface area contributed by atoms with Gasteiger partial charge in [0, 0.05) is 35.4 Å². The zero-order valence-corrected chi connectivity index (χ0v) is 10.8. The van der Waals surface area contributed by atoms with Crippen LogP contribution in [0.4, 0.5) is 0 Å². The summed E-state index contributed by atoms with van der Waals surface area (Å²) >= 11 is 1.82. The predicted molar refractivity (Wildman–Crippen MR) is 67.5 cm³/mol. The van der Waals surface area contributed by atoms with Crippen LogP contribution in [0.25, 0.3) is 0 Å². The van der Waals surface area contributed by atoms with Gasteiger partial charge in [-0.1, -0.05) is 0 Å². The minimum Gasteiger partial charge on any atom is -0.376 e. The maximum absolute atomic E-state index is 5.63. The Hall–Kier alpha value is -0.420. The van der Waals surface area contributed by atoms with Gasteiger partial charge in [-0.05, 0) is 26.0 Å². The Morgan fingerprint density at radius 1 is 1.44 bits per heavy atom. The van der Waals surface area contributed by atoms with Gasteiger partial charge in [0.2, 0.25) is 0 Å². The second-order valence-corrected chi connectivity index (χ2v) is 5.75. The lowest BCUT2D eigenvalue weighted by Crippen LogP contribution is -2.46. The standard InChI is InChI=1S/C12H20N2OS/c1-9-8-15-10(2)6-14(9)7-12-4-3-11(5-13)16-12/h3-4,9-10H,5-8,13H2,1-2H3. The van der Waals surface area contributed by atoms with Gasteiger partial charge in [0.05, 0.1) is 12.7 Å². The van der Waals surface area contributed by atoms with Crippen LogP contribution < -0.4 is 5.73 Å². The van der Waals surface area contributed by atoms with Gasteiger partial charge in [-0.3, -0.25) is 4.90 Å². The van der Waals surface area contributed by atoms with Gasteiger partial charge in [-0.2, -0.15) is 0 Å². The SMILES string of the molecule is CC1CN(Cc2ccc(CN)s2)C(C)CO1. The smallest absolute Gasteiger partial charge is 0.0674 e. The maximum Gasteiger partial charge on any atom is 0.0674 e. The Morgan fingerprint density at radius 3 is 2.88 bits per heavy atom. The lowest BCUT2D eigenvalue weighted by atomic mass is 10.2. The summed E-state index contributed by atoms with van der Waals surface area (Å²) in [7, 11) is 0. The Balaban J connectivity index is 1.97. The highest BCUT2D eigenvalue weighted by Crippen LogP contribution is 2.21. The molecular weight excluding hydrogens is 220 g/mol. The molecule has 0 spiro atoms. The van der Waals surface area contributed by atoms with Crippen molar-refractivity contribution in [1.82, 2.24) is 4.90 Å². The Morgan fingerprint density at radius 2 is 2.19 bits per heavy atom. The summed E-state index contributed by atoms with van der Waals surface area (Å²) in [6, 6.07) is 4.84. The van der Waals surface area contributed by atoms with Crippen LogP contribution in [-0.2, 0) is 17.8 Å². The fourth-order valence-corrected chi connectivity index (χ4v) is 2.93. The van der Waals surface area contributed by atoms with Crippen LogP contribution in [0.1, 0.15) is 23.6 Å². The zero-order valence-electron chi connectivity index (χ0n) is 9.98. The molecule has 2 N–H and O–H groups in total. The molecule has 2 rings (SSSR count). The molecule has 0 amide bonds. The lowest BCUT2D eigenvalue weighted by Gasteiger charge is -2.36. The molecule has 2 heterocycles. The van der Waals surface area contributed by atoms with Gasteiger partial charge in [0.15, 0.2) is 0 Å². The molecule has 0 saturated carbocycles. The van der Waals surface area contributed by atoms with E-state index in [1.807, 2.05) is 11.3 Å². The van der Waals surface area contributed by atoms with Crippen molar-refractivity contribution in [1.29, 1.82) is 0 Å². The molecule has 1 aliphatic rings. The van der Waals surface area contributed by atoms with Crippen molar-refractivity contribution >= 4 is 11.3 Å². The number of hydrogen-bond donors (Lipinski definition) is 1. The fraction of sp³-hybridized carbons (Fsp3) is 0.667. The molecule has 1 saturated heterocycles. The van der Waals surface area contributed by atoms with Crippen molar-refractivity contribution in [2.45, 2.75) is 39.1 Å². The molecule has 0 radical (unpaired) electrons. The van der Waals surface area contributed by atoms with E-state index in [4.69, 9.17) is 10.5 Å². The van der Waals surface area contributed by atoms with Crippen molar-refractivity contribution in [2.75, 3.05) is 13.2 Å². The maximum atomic E-state index is 5.63. The van der Waals surface area contributed by atoms with Crippen molar-refractivity contribution in [3.8, 4) is 0 Å². The predicted octanol–water partition coefficient (Wildman–Crippen LogP) is 1.82. The molecular formula is C12H20N2OS. The average molecular weight is 240 g/mol. The van der Waals surface area contributed by atoms with Crippen LogP contribution in [0.3, 0.4) is 0 Å². The molecule has 2 unspecified atom stereocenters. The van der Waals surface area contributed by atoms with Gasteiger partial charge in [-0.25, -0.2) is 0 Å². The van der Waals surface area contributed by atoms with E-state index < -0.39 is 0 Å². The van der Waals surface area contributed by atoms with Gasteiger partial charge >= 0.3 is 0 Å². The Labute approximate surface area is 101 Å². The van der Waals surface area contributed by atoms with E-state index in [0.29, 0.717) is 18.7 Å². The normalized spacial score (nSPS) is 27.2. The van der Waals surface area contributed by atoms with Crippen LogP contribution in [-0.4, -0.2) is 30.2 Å². The summed E-state index contributed by atoms with van der Waals surface area (Å²) in [5.74, 6) is 0. The summed E-state index contributed by atoms with van der Waals surface area (Å²) < 4.78 is 5.63. The monoisotopic (exact) mass is 240 g/mol. The van der Waals surface area contributed by atoms with Crippen molar-refractivity contribution in [3.63, 3.8) is 0 Å². The molecule has 4 heteroatoms. The minimum absolute atomic E-state index is 0.352. The van der Waals surface area contributed by atoms with E-state index in [1.54, 1.807) is 0 Å². The molecule has 90 valence electrons. The third-order valence-electron chi connectivity index (χ3n) is 3.01. The molecule has 1 aromatic heterocycles. The van der Waals surface area contributed by atoms with E-state index in [-0.39, 0.29) is 0 Å². The first-order valence-electron chi connectivity index (χ1n) is 5.82. The fourth-order valence-electron chi connectivity index (χ4n) is 2.01. The number of hydrogen-bond acceptors (Lipinski definition) is 4. The van der Waals surface area contributed by atoms with E-state index in [1.165, 1.54) is 9.75 Å². The van der Waals surface area contributed by atoms with Crippen LogP contribution in [0.5, 0.6) is 0 Å². The van der Waals surface area contributed by atoms with Crippen molar-refractivity contribution in [2.24, 2.45) is 5.73 Å². The number of rotatable bonds is 3. The molecule has 16 heavy (non-hydrogen) atoms. The van der Waals surface area contributed by atoms with Crippen molar-refractivity contribution in [3.05, 3.63) is 21.9 Å². The van der Waals surface area contributed by atoms with Gasteiger partial charge in [0.1, 0.15) is 0 Å². The number of nitrogens with zero attached hydrogens (tertiary/aromatic N) is 1. The molecule has 1 aliphatic heterocycles. The van der Waals surface area contributed by atoms with Crippen LogP contribution >= 0.6 is 11.3 Å². The summed E-state index contributed by atoms with van der Waals surface area (Å²) in [6.07, 6.45) is 0.352. The number of morpholine rings is 1. The van der Waals surface area contributed by atoms with Gasteiger partial charge in [-0.15, -0.1) is 11.3 Å². The van der Waals surface area contributed by atoms with Crippen LogP contribution in [0, 0.1) is 0 Å². The number of thiophene rings is 1. The second kappa shape index (κ2) is 5.27. The molecule has 1 aromatic rings. The van der Waals surface area contributed by atoms with Crippen molar-refractivity contribution < 1.29 is 4.74 Å². The third-order valence-corrected chi connectivity index (χ3v) is 4.11. The first kappa shape index (κ1) is 12.0. The third kappa shape index (κ3) is 2.83. The summed E-state index contributed by atoms with van der Waals surface area (Å²) in [4.78, 5) is 5.16. The second-order valence-electron chi connectivity index (χ2n) is 4.49. The summed E-state index contributed by atoms with van der Waals surface area (Å²) in [5.41, 5.74) is 5.62. The number of ether oxygens (including phenoxy) is 1. The Kier molecular flexibility index (Phi) is 3.97. The molecule has 0 aromatic carbocycles. The minimum atomic E-state index is 0.352. The first-order valence-corrected chi connectivity index (χ1v) is 6.64. The highest BCUT2D eigenvalue weighted by atomic mass is 32.1. The van der Waals surface area contributed by atoms with Crippen LogP contribution in [0.15, 0.2) is 12.1 Å². The number of nitrogens with two attached hydrogens (primary N) is 1. The van der Waals surface area contributed by atoms with E-state index in [0.717, 1.165) is 19.7 Å². The van der Waals surface area contributed by atoms with E-state index in [9.17, 15) is 0 Å². The first-order chi connectivity index (χ1) is 7.69. The van der Waals surface area contributed by atoms with Crippen LogP contribution in [0.2, 0.25) is 0 Å². The zero-order chi connectivity index (χ0) is 11.5. The molecule has 1 fully saturated rings. The largest absolute Gasteiger partial charge is 0.376 e. The molecule has 2 atom stereocenters. The average Bonchev–Trinajstić information content (AvgIpc) is 2.71. The highest BCUT2D eigenvalue weighted by Gasteiger charge is 2.23. The lowest BCUT2D eigenvalue weighted by molar-refractivity contribution is -0.0523.